The van der Waals surface area contributed by atoms with Crippen molar-refractivity contribution in [2.24, 2.45) is 0 Å². The largest absolute Gasteiger partial charge is 0.475 e. The maximum Gasteiger partial charge on any atom is 0.372 e. The highest BCUT2D eigenvalue weighted by molar-refractivity contribution is 5.93. The third-order valence-electron chi connectivity index (χ3n) is 3.47. The van der Waals surface area contributed by atoms with Crippen LogP contribution in [0.1, 0.15) is 22.5 Å². The molecule has 110 valence electrons. The number of ether oxygens (including phenoxy) is 2. The van der Waals surface area contributed by atoms with Gasteiger partial charge in [0, 0.05) is 12.2 Å². The van der Waals surface area contributed by atoms with E-state index in [1.807, 2.05) is 24.3 Å². The molecule has 1 aromatic heterocycles. The Morgan fingerprint density at radius 3 is 3.05 bits per heavy atom. The van der Waals surface area contributed by atoms with E-state index in [0.29, 0.717) is 18.8 Å². The van der Waals surface area contributed by atoms with Gasteiger partial charge in [0.25, 0.3) is 0 Å². The summed E-state index contributed by atoms with van der Waals surface area (Å²) in [5.41, 5.74) is 2.38. The van der Waals surface area contributed by atoms with Crippen molar-refractivity contribution < 1.29 is 23.8 Å². The van der Waals surface area contributed by atoms with Crippen molar-refractivity contribution in [1.82, 2.24) is 0 Å². The highest BCUT2D eigenvalue weighted by atomic mass is 16.5. The van der Waals surface area contributed by atoms with Gasteiger partial charge in [0.05, 0.1) is 25.6 Å². The van der Waals surface area contributed by atoms with Crippen LogP contribution in [0.15, 0.2) is 41.0 Å². The number of furan rings is 1. The van der Waals surface area contributed by atoms with Crippen LogP contribution in [0.4, 0.5) is 0 Å². The van der Waals surface area contributed by atoms with E-state index in [1.165, 1.54) is 6.26 Å². The zero-order valence-corrected chi connectivity index (χ0v) is 11.5. The molecule has 0 amide bonds. The van der Waals surface area contributed by atoms with E-state index < -0.39 is 5.97 Å². The van der Waals surface area contributed by atoms with Gasteiger partial charge in [0.15, 0.2) is 0 Å². The predicted molar refractivity (Wildman–Crippen MR) is 75.1 cm³/mol. The summed E-state index contributed by atoms with van der Waals surface area (Å²) in [6.45, 7) is 1.88. The maximum absolute atomic E-state index is 11.1. The maximum atomic E-state index is 11.1. The van der Waals surface area contributed by atoms with Gasteiger partial charge in [0.1, 0.15) is 0 Å². The number of hydrogen-bond acceptors (Lipinski definition) is 4. The fourth-order valence-corrected chi connectivity index (χ4v) is 2.39. The van der Waals surface area contributed by atoms with Crippen molar-refractivity contribution in [1.29, 1.82) is 0 Å². The van der Waals surface area contributed by atoms with Crippen molar-refractivity contribution >= 4 is 5.97 Å². The highest BCUT2D eigenvalue weighted by Gasteiger charge is 2.17. The van der Waals surface area contributed by atoms with Gasteiger partial charge in [0.2, 0.25) is 5.76 Å². The Morgan fingerprint density at radius 1 is 1.38 bits per heavy atom. The molecule has 0 spiro atoms. The highest BCUT2D eigenvalue weighted by Crippen LogP contribution is 2.26. The molecule has 5 nitrogen and oxygen atoms in total. The standard InChI is InChI=1S/C16H16O5/c17-16(18)15-14(5-7-20-15)12-3-1-2-11(8-12)9-21-13-4-6-19-10-13/h1-3,5,7-8,13H,4,6,9-10H2,(H,17,18). The molecule has 1 aliphatic rings. The molecule has 21 heavy (non-hydrogen) atoms. The molecule has 0 radical (unpaired) electrons. The molecular weight excluding hydrogens is 272 g/mol. The molecule has 1 atom stereocenters. The minimum Gasteiger partial charge on any atom is -0.475 e. The first-order valence-corrected chi connectivity index (χ1v) is 6.83. The molecule has 2 aromatic rings. The van der Waals surface area contributed by atoms with E-state index >= 15 is 0 Å². The van der Waals surface area contributed by atoms with Crippen molar-refractivity contribution in [2.75, 3.05) is 13.2 Å². The summed E-state index contributed by atoms with van der Waals surface area (Å²) >= 11 is 0. The SMILES string of the molecule is O=C(O)c1occc1-c1cccc(COC2CCOC2)c1. The second kappa shape index (κ2) is 6.11. The van der Waals surface area contributed by atoms with E-state index in [0.717, 1.165) is 24.2 Å². The Kier molecular flexibility index (Phi) is 4.03. The fourth-order valence-electron chi connectivity index (χ4n) is 2.39. The Balaban J connectivity index is 1.76. The molecule has 1 aromatic carbocycles. The average molecular weight is 288 g/mol. The van der Waals surface area contributed by atoms with Crippen LogP contribution in [0.25, 0.3) is 11.1 Å². The van der Waals surface area contributed by atoms with Crippen molar-refractivity contribution in [3.8, 4) is 11.1 Å². The Bertz CT molecular complexity index is 625. The topological polar surface area (TPSA) is 68.9 Å². The van der Waals surface area contributed by atoms with Gasteiger partial charge in [-0.25, -0.2) is 4.79 Å². The van der Waals surface area contributed by atoms with Crippen molar-refractivity contribution in [2.45, 2.75) is 19.1 Å². The number of carbonyl (C=O) groups is 1. The van der Waals surface area contributed by atoms with E-state index in [9.17, 15) is 4.79 Å². The molecule has 1 fully saturated rings. The fraction of sp³-hybridized carbons (Fsp3) is 0.312. The van der Waals surface area contributed by atoms with Gasteiger partial charge < -0.3 is 19.0 Å². The molecule has 2 heterocycles. The summed E-state index contributed by atoms with van der Waals surface area (Å²) in [5.74, 6) is -1.11. The Labute approximate surface area is 122 Å². The minimum absolute atomic E-state index is 0.0442. The van der Waals surface area contributed by atoms with E-state index in [-0.39, 0.29) is 11.9 Å². The number of carboxylic acids is 1. The first-order valence-electron chi connectivity index (χ1n) is 6.83. The lowest BCUT2D eigenvalue weighted by Crippen LogP contribution is -2.11. The minimum atomic E-state index is -1.07. The summed E-state index contributed by atoms with van der Waals surface area (Å²) in [4.78, 5) is 11.1. The molecule has 1 aliphatic heterocycles. The van der Waals surface area contributed by atoms with Crippen LogP contribution in [0, 0.1) is 0 Å². The average Bonchev–Trinajstić information content (AvgIpc) is 3.16. The molecule has 0 bridgehead atoms. The zero-order chi connectivity index (χ0) is 14.7. The molecule has 0 saturated carbocycles. The molecule has 1 unspecified atom stereocenters. The van der Waals surface area contributed by atoms with Gasteiger partial charge in [-0.15, -0.1) is 0 Å². The van der Waals surface area contributed by atoms with Crippen LogP contribution in [-0.4, -0.2) is 30.4 Å². The molecule has 1 N–H and O–H groups in total. The predicted octanol–water partition coefficient (Wildman–Crippen LogP) is 2.95. The van der Waals surface area contributed by atoms with Crippen LogP contribution in [-0.2, 0) is 16.1 Å². The second-order valence-corrected chi connectivity index (χ2v) is 4.97. The first kappa shape index (κ1) is 13.9. The number of benzene rings is 1. The summed E-state index contributed by atoms with van der Waals surface area (Å²) < 4.78 is 16.1. The second-order valence-electron chi connectivity index (χ2n) is 4.97. The lowest BCUT2D eigenvalue weighted by atomic mass is 10.0. The van der Waals surface area contributed by atoms with Crippen LogP contribution < -0.4 is 0 Å². The summed E-state index contributed by atoms with van der Waals surface area (Å²) in [7, 11) is 0. The van der Waals surface area contributed by atoms with Crippen molar-refractivity contribution in [3.63, 3.8) is 0 Å². The quantitative estimate of drug-likeness (QED) is 0.916. The Morgan fingerprint density at radius 2 is 2.29 bits per heavy atom. The number of aromatic carboxylic acids is 1. The summed E-state index contributed by atoms with van der Waals surface area (Å²) in [6.07, 6.45) is 2.46. The van der Waals surface area contributed by atoms with Crippen LogP contribution in [0.2, 0.25) is 0 Å². The number of carboxylic acid groups (broad SMARTS) is 1. The Hall–Kier alpha value is -2.11. The lowest BCUT2D eigenvalue weighted by Gasteiger charge is -2.10. The van der Waals surface area contributed by atoms with Gasteiger partial charge in [-0.2, -0.15) is 0 Å². The molecular formula is C16H16O5. The first-order chi connectivity index (χ1) is 10.2. The summed E-state index contributed by atoms with van der Waals surface area (Å²) in [6, 6.07) is 9.29. The number of hydrogen-bond donors (Lipinski definition) is 1. The van der Waals surface area contributed by atoms with Crippen LogP contribution in [0.5, 0.6) is 0 Å². The lowest BCUT2D eigenvalue weighted by molar-refractivity contribution is 0.0318. The third-order valence-corrected chi connectivity index (χ3v) is 3.47. The molecule has 0 aliphatic carbocycles. The van der Waals surface area contributed by atoms with E-state index in [2.05, 4.69) is 0 Å². The smallest absolute Gasteiger partial charge is 0.372 e. The van der Waals surface area contributed by atoms with Crippen LogP contribution in [0.3, 0.4) is 0 Å². The third kappa shape index (κ3) is 3.15. The normalized spacial score (nSPS) is 18.0. The van der Waals surface area contributed by atoms with Crippen LogP contribution >= 0.6 is 0 Å². The van der Waals surface area contributed by atoms with Crippen molar-refractivity contribution in [3.05, 3.63) is 47.9 Å². The van der Waals surface area contributed by atoms with Gasteiger partial charge in [-0.3, -0.25) is 0 Å². The van der Waals surface area contributed by atoms with E-state index in [1.54, 1.807) is 6.07 Å². The molecule has 3 rings (SSSR count). The van der Waals surface area contributed by atoms with Gasteiger partial charge in [-0.05, 0) is 29.7 Å². The number of rotatable bonds is 5. The van der Waals surface area contributed by atoms with E-state index in [4.69, 9.17) is 19.0 Å². The monoisotopic (exact) mass is 288 g/mol. The van der Waals surface area contributed by atoms with Gasteiger partial charge in [-0.1, -0.05) is 18.2 Å². The zero-order valence-electron chi connectivity index (χ0n) is 11.5. The molecule has 1 saturated heterocycles. The van der Waals surface area contributed by atoms with Gasteiger partial charge >= 0.3 is 5.97 Å². The molecule has 5 heteroatoms. The summed E-state index contributed by atoms with van der Waals surface area (Å²) in [5, 5.41) is 9.10.